The first-order valence-electron chi connectivity index (χ1n) is 5.99. The van der Waals surface area contributed by atoms with E-state index < -0.39 is 0 Å². The Labute approximate surface area is 94.5 Å². The number of nitriles is 1. The highest BCUT2D eigenvalue weighted by molar-refractivity contribution is 4.90. The van der Waals surface area contributed by atoms with Crippen molar-refractivity contribution in [2.45, 2.75) is 40.2 Å². The van der Waals surface area contributed by atoms with E-state index in [2.05, 4.69) is 44.0 Å². The van der Waals surface area contributed by atoms with Crippen molar-refractivity contribution in [3.8, 4) is 6.07 Å². The van der Waals surface area contributed by atoms with Gasteiger partial charge in [0.1, 0.15) is 0 Å². The quantitative estimate of drug-likeness (QED) is 0.666. The van der Waals surface area contributed by atoms with E-state index in [0.29, 0.717) is 5.92 Å². The van der Waals surface area contributed by atoms with Crippen LogP contribution in [0.2, 0.25) is 0 Å². The highest BCUT2D eigenvalue weighted by Gasteiger charge is 2.08. The van der Waals surface area contributed by atoms with E-state index in [1.165, 1.54) is 0 Å². The van der Waals surface area contributed by atoms with Gasteiger partial charge in [-0.15, -0.1) is 0 Å². The molecule has 0 saturated carbocycles. The molecule has 3 nitrogen and oxygen atoms in total. The van der Waals surface area contributed by atoms with Gasteiger partial charge in [0, 0.05) is 13.1 Å². The molecule has 0 radical (unpaired) electrons. The van der Waals surface area contributed by atoms with Gasteiger partial charge in [0.15, 0.2) is 0 Å². The first-order valence-corrected chi connectivity index (χ1v) is 5.99. The molecule has 1 N–H and O–H groups in total. The van der Waals surface area contributed by atoms with E-state index in [9.17, 15) is 0 Å². The summed E-state index contributed by atoms with van der Waals surface area (Å²) in [5.41, 5.74) is 0. The van der Waals surface area contributed by atoms with Crippen LogP contribution in [0.3, 0.4) is 0 Å². The van der Waals surface area contributed by atoms with Crippen molar-refractivity contribution in [1.29, 1.82) is 5.26 Å². The van der Waals surface area contributed by atoms with Gasteiger partial charge in [0.25, 0.3) is 0 Å². The Morgan fingerprint density at radius 1 is 1.27 bits per heavy atom. The largest absolute Gasteiger partial charge is 0.303 e. The highest BCUT2D eigenvalue weighted by atomic mass is 15.1. The monoisotopic (exact) mass is 211 g/mol. The van der Waals surface area contributed by atoms with Crippen LogP contribution in [-0.4, -0.2) is 37.1 Å². The Balaban J connectivity index is 3.68. The van der Waals surface area contributed by atoms with E-state index in [0.717, 1.165) is 32.6 Å². The van der Waals surface area contributed by atoms with Gasteiger partial charge in [-0.1, -0.05) is 27.7 Å². The number of hydrogen-bond donors (Lipinski definition) is 1. The van der Waals surface area contributed by atoms with Crippen molar-refractivity contribution in [3.05, 3.63) is 0 Å². The Morgan fingerprint density at radius 2 is 1.87 bits per heavy atom. The minimum atomic E-state index is 0.0144. The van der Waals surface area contributed by atoms with E-state index >= 15 is 0 Å². The van der Waals surface area contributed by atoms with Crippen LogP contribution in [0.1, 0.15) is 34.1 Å². The molecule has 3 heteroatoms. The van der Waals surface area contributed by atoms with E-state index in [1.54, 1.807) is 0 Å². The fourth-order valence-corrected chi connectivity index (χ4v) is 1.59. The van der Waals surface area contributed by atoms with Crippen LogP contribution in [0.15, 0.2) is 0 Å². The molecule has 0 aliphatic rings. The zero-order valence-corrected chi connectivity index (χ0v) is 10.6. The molecule has 0 amide bonds. The number of rotatable bonds is 8. The van der Waals surface area contributed by atoms with E-state index in [-0.39, 0.29) is 6.04 Å². The molecular weight excluding hydrogens is 186 g/mol. The predicted molar refractivity (Wildman–Crippen MR) is 64.6 cm³/mol. The molecule has 0 fully saturated rings. The Bertz CT molecular complexity index is 180. The van der Waals surface area contributed by atoms with Gasteiger partial charge >= 0.3 is 0 Å². The first-order chi connectivity index (χ1) is 7.13. The molecule has 1 atom stereocenters. The number of hydrogen-bond acceptors (Lipinski definition) is 3. The summed E-state index contributed by atoms with van der Waals surface area (Å²) in [5.74, 6) is 0.579. The maximum absolute atomic E-state index is 8.93. The predicted octanol–water partition coefficient (Wildman–Crippen LogP) is 1.86. The molecule has 0 spiro atoms. The Hall–Kier alpha value is -0.590. The molecule has 0 rings (SSSR count). The van der Waals surface area contributed by atoms with Crippen molar-refractivity contribution < 1.29 is 0 Å². The summed E-state index contributed by atoms with van der Waals surface area (Å²) in [6.45, 7) is 12.7. The van der Waals surface area contributed by atoms with Gasteiger partial charge in [-0.05, 0) is 25.4 Å². The molecule has 0 aliphatic heterocycles. The van der Waals surface area contributed by atoms with Crippen LogP contribution >= 0.6 is 0 Å². The average Bonchev–Trinajstić information content (AvgIpc) is 2.22. The molecule has 0 aliphatic carbocycles. The van der Waals surface area contributed by atoms with Crippen LogP contribution < -0.4 is 5.32 Å². The topological polar surface area (TPSA) is 39.1 Å². The lowest BCUT2D eigenvalue weighted by atomic mass is 10.1. The highest BCUT2D eigenvalue weighted by Crippen LogP contribution is 2.03. The number of nitrogens with one attached hydrogen (secondary N) is 1. The number of nitrogens with zero attached hydrogens (tertiary/aromatic N) is 2. The van der Waals surface area contributed by atoms with Crippen molar-refractivity contribution in [2.75, 3.05) is 26.2 Å². The lowest BCUT2D eigenvalue weighted by Gasteiger charge is -2.20. The minimum Gasteiger partial charge on any atom is -0.303 e. The fourth-order valence-electron chi connectivity index (χ4n) is 1.59. The first kappa shape index (κ1) is 14.4. The Kier molecular flexibility index (Phi) is 8.35. The van der Waals surface area contributed by atoms with Crippen LogP contribution in [-0.2, 0) is 0 Å². The van der Waals surface area contributed by atoms with E-state index in [4.69, 9.17) is 5.26 Å². The second-order valence-corrected chi connectivity index (χ2v) is 4.29. The standard InChI is InChI=1S/C12H25N3/c1-5-15(6-2)8-7-14-12(10-13)9-11(3)4/h11-12,14H,5-9H2,1-4H3. The molecule has 0 saturated heterocycles. The van der Waals surface area contributed by atoms with Crippen LogP contribution in [0.5, 0.6) is 0 Å². The third kappa shape index (κ3) is 7.35. The van der Waals surface area contributed by atoms with Crippen LogP contribution in [0.4, 0.5) is 0 Å². The number of likely N-dealkylation sites (N-methyl/N-ethyl adjacent to an activating group) is 1. The molecule has 15 heavy (non-hydrogen) atoms. The molecule has 0 aromatic carbocycles. The van der Waals surface area contributed by atoms with Crippen molar-refractivity contribution >= 4 is 0 Å². The van der Waals surface area contributed by atoms with E-state index in [1.807, 2.05) is 0 Å². The maximum atomic E-state index is 8.93. The maximum Gasteiger partial charge on any atom is 0.0955 e. The summed E-state index contributed by atoms with van der Waals surface area (Å²) in [7, 11) is 0. The summed E-state index contributed by atoms with van der Waals surface area (Å²) in [6.07, 6.45) is 0.939. The van der Waals surface area contributed by atoms with Gasteiger partial charge in [-0.25, -0.2) is 0 Å². The average molecular weight is 211 g/mol. The summed E-state index contributed by atoms with van der Waals surface area (Å²) < 4.78 is 0. The van der Waals surface area contributed by atoms with Crippen LogP contribution in [0.25, 0.3) is 0 Å². The zero-order chi connectivity index (χ0) is 11.7. The summed E-state index contributed by atoms with van der Waals surface area (Å²) in [4.78, 5) is 2.36. The zero-order valence-electron chi connectivity index (χ0n) is 10.6. The third-order valence-electron chi connectivity index (χ3n) is 2.58. The summed E-state index contributed by atoms with van der Waals surface area (Å²) in [5, 5.41) is 12.2. The molecule has 1 unspecified atom stereocenters. The lowest BCUT2D eigenvalue weighted by molar-refractivity contribution is 0.297. The fraction of sp³-hybridized carbons (Fsp3) is 0.917. The van der Waals surface area contributed by atoms with Crippen molar-refractivity contribution in [3.63, 3.8) is 0 Å². The Morgan fingerprint density at radius 3 is 2.27 bits per heavy atom. The molecule has 0 aromatic heterocycles. The third-order valence-corrected chi connectivity index (χ3v) is 2.58. The molecular formula is C12H25N3. The molecule has 0 aromatic rings. The second kappa shape index (κ2) is 8.70. The molecule has 0 bridgehead atoms. The van der Waals surface area contributed by atoms with Gasteiger partial charge in [0.2, 0.25) is 0 Å². The van der Waals surface area contributed by atoms with Gasteiger partial charge < -0.3 is 10.2 Å². The van der Waals surface area contributed by atoms with Gasteiger partial charge in [0.05, 0.1) is 12.1 Å². The van der Waals surface area contributed by atoms with Crippen molar-refractivity contribution in [1.82, 2.24) is 10.2 Å². The SMILES string of the molecule is CCN(CC)CCNC(C#N)CC(C)C. The minimum absolute atomic E-state index is 0.0144. The summed E-state index contributed by atoms with van der Waals surface area (Å²) >= 11 is 0. The second-order valence-electron chi connectivity index (χ2n) is 4.29. The van der Waals surface area contributed by atoms with Crippen LogP contribution in [0, 0.1) is 17.2 Å². The lowest BCUT2D eigenvalue weighted by Crippen LogP contribution is -2.37. The van der Waals surface area contributed by atoms with Gasteiger partial charge in [-0.2, -0.15) is 5.26 Å². The molecule has 0 heterocycles. The smallest absolute Gasteiger partial charge is 0.0955 e. The molecule has 88 valence electrons. The normalized spacial score (nSPS) is 13.1. The van der Waals surface area contributed by atoms with Crippen molar-refractivity contribution in [2.24, 2.45) is 5.92 Å². The summed E-state index contributed by atoms with van der Waals surface area (Å²) in [6, 6.07) is 2.33. The van der Waals surface area contributed by atoms with Gasteiger partial charge in [-0.3, -0.25) is 0 Å².